The Kier molecular flexibility index (Phi) is 3.83. The number of benzene rings is 2. The van der Waals surface area contributed by atoms with Gasteiger partial charge in [-0.05, 0) is 79.8 Å². The predicted octanol–water partition coefficient (Wildman–Crippen LogP) is 4.11. The highest BCUT2D eigenvalue weighted by atomic mass is 16.2. The summed E-state index contributed by atoms with van der Waals surface area (Å²) >= 11 is 0. The van der Waals surface area contributed by atoms with E-state index < -0.39 is 0 Å². The number of carbonyl (C=O) groups is 3. The van der Waals surface area contributed by atoms with Crippen molar-refractivity contribution in [3.8, 4) is 0 Å². The number of imide groups is 1. The number of hydrogen-bond acceptors (Lipinski definition) is 3. The Hall–Kier alpha value is -3.21. The molecule has 5 nitrogen and oxygen atoms in total. The first kappa shape index (κ1) is 18.6. The van der Waals surface area contributed by atoms with Crippen LogP contribution in [0.25, 0.3) is 0 Å². The summed E-state index contributed by atoms with van der Waals surface area (Å²) in [6.45, 7) is 3.97. The molecule has 6 atom stereocenters. The molecule has 1 aliphatic heterocycles. The third-order valence-electron chi connectivity index (χ3n) is 7.68. The Balaban J connectivity index is 1.23. The van der Waals surface area contributed by atoms with Crippen LogP contribution >= 0.6 is 0 Å². The Morgan fingerprint density at radius 1 is 0.903 bits per heavy atom. The van der Waals surface area contributed by atoms with Gasteiger partial charge in [0.1, 0.15) is 0 Å². The Morgan fingerprint density at radius 2 is 1.52 bits per heavy atom. The molecule has 0 spiro atoms. The van der Waals surface area contributed by atoms with E-state index in [2.05, 4.69) is 17.5 Å². The second-order valence-corrected chi connectivity index (χ2v) is 9.49. The molecule has 6 unspecified atom stereocenters. The second-order valence-electron chi connectivity index (χ2n) is 9.49. The summed E-state index contributed by atoms with van der Waals surface area (Å²) in [5.74, 6) is 0.812. The van der Waals surface area contributed by atoms with Crippen LogP contribution in [0.2, 0.25) is 0 Å². The third-order valence-corrected chi connectivity index (χ3v) is 7.68. The zero-order valence-electron chi connectivity index (χ0n) is 17.5. The van der Waals surface area contributed by atoms with E-state index in [1.54, 1.807) is 24.3 Å². The van der Waals surface area contributed by atoms with Crippen LogP contribution in [0.15, 0.2) is 54.6 Å². The summed E-state index contributed by atoms with van der Waals surface area (Å²) in [7, 11) is 0. The number of amides is 3. The van der Waals surface area contributed by atoms with E-state index >= 15 is 0 Å². The molecule has 0 radical (unpaired) electrons. The minimum Gasteiger partial charge on any atom is -0.322 e. The van der Waals surface area contributed by atoms with Crippen molar-refractivity contribution >= 4 is 29.1 Å². The van der Waals surface area contributed by atoms with E-state index in [0.717, 1.165) is 23.2 Å². The van der Waals surface area contributed by atoms with Crippen LogP contribution in [-0.4, -0.2) is 17.7 Å². The normalized spacial score (nSPS) is 32.1. The fourth-order valence-corrected chi connectivity index (χ4v) is 6.12. The lowest BCUT2D eigenvalue weighted by Crippen LogP contribution is -2.40. The van der Waals surface area contributed by atoms with Crippen molar-refractivity contribution < 1.29 is 14.4 Å². The number of hydrogen-bond donors (Lipinski definition) is 1. The van der Waals surface area contributed by atoms with Crippen molar-refractivity contribution in [1.82, 2.24) is 0 Å². The molecule has 1 saturated heterocycles. The van der Waals surface area contributed by atoms with Crippen LogP contribution in [-0.2, 0) is 9.59 Å². The minimum absolute atomic E-state index is 0.0767. The Bertz CT molecular complexity index is 1130. The van der Waals surface area contributed by atoms with Crippen molar-refractivity contribution in [2.24, 2.45) is 35.5 Å². The molecule has 2 aromatic rings. The summed E-state index contributed by atoms with van der Waals surface area (Å²) in [4.78, 5) is 40.5. The van der Waals surface area contributed by atoms with Gasteiger partial charge < -0.3 is 5.32 Å². The van der Waals surface area contributed by atoms with Crippen LogP contribution in [0.4, 0.5) is 11.4 Å². The highest BCUT2D eigenvalue weighted by Gasteiger charge is 2.67. The molecule has 1 heterocycles. The van der Waals surface area contributed by atoms with Gasteiger partial charge in [-0.3, -0.25) is 19.3 Å². The summed E-state index contributed by atoms with van der Waals surface area (Å²) in [6, 6.07) is 12.7. The quantitative estimate of drug-likeness (QED) is 0.609. The van der Waals surface area contributed by atoms with Gasteiger partial charge in [-0.25, -0.2) is 0 Å². The second kappa shape index (κ2) is 6.39. The van der Waals surface area contributed by atoms with Crippen molar-refractivity contribution in [2.45, 2.75) is 20.3 Å². The average Bonchev–Trinajstić information content (AvgIpc) is 3.54. The van der Waals surface area contributed by atoms with Crippen molar-refractivity contribution in [2.75, 3.05) is 10.2 Å². The number of carbonyl (C=O) groups excluding carboxylic acids is 3. The van der Waals surface area contributed by atoms with E-state index in [4.69, 9.17) is 0 Å². The van der Waals surface area contributed by atoms with Crippen LogP contribution in [0.3, 0.4) is 0 Å². The summed E-state index contributed by atoms with van der Waals surface area (Å²) in [5.41, 5.74) is 3.96. The number of nitrogens with zero attached hydrogens (tertiary/aromatic N) is 1. The van der Waals surface area contributed by atoms with Gasteiger partial charge in [0.15, 0.2) is 0 Å². The van der Waals surface area contributed by atoms with Crippen molar-refractivity contribution in [3.05, 3.63) is 71.3 Å². The molecule has 1 N–H and O–H groups in total. The fourth-order valence-electron chi connectivity index (χ4n) is 6.12. The summed E-state index contributed by atoms with van der Waals surface area (Å²) in [6.07, 6.45) is 5.50. The average molecular weight is 412 g/mol. The maximum atomic E-state index is 13.2. The Morgan fingerprint density at radius 3 is 2.10 bits per heavy atom. The molecule has 4 aliphatic carbocycles. The molecule has 156 valence electrons. The Labute approximate surface area is 181 Å². The van der Waals surface area contributed by atoms with Crippen LogP contribution in [0.5, 0.6) is 0 Å². The van der Waals surface area contributed by atoms with Gasteiger partial charge in [0.05, 0.1) is 17.5 Å². The standard InChI is InChI=1S/C26H24N2O3/c1-13-3-10-21(14(2)11-13)27-24(29)15-4-6-16(7-5-15)28-25(30)22-17-8-9-18(20-12-19(17)20)23(22)26(28)31/h3-11,17-20,22-23H,12H2,1-2H3,(H,27,29). The van der Waals surface area contributed by atoms with Gasteiger partial charge in [-0.15, -0.1) is 0 Å². The molecule has 5 heteroatoms. The zero-order chi connectivity index (χ0) is 21.4. The van der Waals surface area contributed by atoms with E-state index in [1.165, 1.54) is 4.90 Å². The van der Waals surface area contributed by atoms with Gasteiger partial charge in [-0.2, -0.15) is 0 Å². The molecule has 3 amide bonds. The van der Waals surface area contributed by atoms with Gasteiger partial charge in [-0.1, -0.05) is 29.8 Å². The van der Waals surface area contributed by atoms with Gasteiger partial charge in [0.25, 0.3) is 5.91 Å². The molecular formula is C26H24N2O3. The molecule has 31 heavy (non-hydrogen) atoms. The summed E-state index contributed by atoms with van der Waals surface area (Å²) < 4.78 is 0. The lowest BCUT2D eigenvalue weighted by molar-refractivity contribution is -0.124. The largest absolute Gasteiger partial charge is 0.322 e. The lowest BCUT2D eigenvalue weighted by atomic mass is 9.63. The molecule has 2 bridgehead atoms. The highest BCUT2D eigenvalue weighted by Crippen LogP contribution is 2.65. The van der Waals surface area contributed by atoms with Crippen molar-refractivity contribution in [1.29, 1.82) is 0 Å². The van der Waals surface area contributed by atoms with E-state index in [9.17, 15) is 14.4 Å². The van der Waals surface area contributed by atoms with Gasteiger partial charge in [0, 0.05) is 11.3 Å². The maximum Gasteiger partial charge on any atom is 0.255 e. The minimum atomic E-state index is -0.214. The number of anilines is 2. The SMILES string of the molecule is Cc1ccc(NC(=O)c2ccc(N3C(=O)C4C5C=CC(C6CC56)C4C3=O)cc2)c(C)c1. The first-order valence-electron chi connectivity index (χ1n) is 11.0. The van der Waals surface area contributed by atoms with Crippen molar-refractivity contribution in [3.63, 3.8) is 0 Å². The monoisotopic (exact) mass is 412 g/mol. The topological polar surface area (TPSA) is 66.5 Å². The zero-order valence-corrected chi connectivity index (χ0v) is 17.5. The maximum absolute atomic E-state index is 13.2. The predicted molar refractivity (Wildman–Crippen MR) is 118 cm³/mol. The molecule has 3 fully saturated rings. The third kappa shape index (κ3) is 2.65. The number of aryl methyl sites for hydroxylation is 2. The first-order valence-corrected chi connectivity index (χ1v) is 11.0. The molecule has 7 rings (SSSR count). The van der Waals surface area contributed by atoms with E-state index in [-0.39, 0.29) is 41.4 Å². The molecule has 2 saturated carbocycles. The van der Waals surface area contributed by atoms with Crippen LogP contribution in [0, 0.1) is 49.4 Å². The van der Waals surface area contributed by atoms with Crippen LogP contribution in [0.1, 0.15) is 27.9 Å². The smallest absolute Gasteiger partial charge is 0.255 e. The highest BCUT2D eigenvalue weighted by molar-refractivity contribution is 6.22. The van der Waals surface area contributed by atoms with Crippen LogP contribution < -0.4 is 10.2 Å². The number of allylic oxidation sites excluding steroid dienone is 2. The lowest BCUT2D eigenvalue weighted by Gasteiger charge is -2.37. The fraction of sp³-hybridized carbons (Fsp3) is 0.346. The molecule has 5 aliphatic rings. The summed E-state index contributed by atoms with van der Waals surface area (Å²) in [5, 5.41) is 2.94. The molecule has 2 aromatic carbocycles. The van der Waals surface area contributed by atoms with Gasteiger partial charge in [0.2, 0.25) is 11.8 Å². The van der Waals surface area contributed by atoms with Gasteiger partial charge >= 0.3 is 0 Å². The number of nitrogens with one attached hydrogen (secondary N) is 1. The van der Waals surface area contributed by atoms with E-state index in [0.29, 0.717) is 23.1 Å². The first-order chi connectivity index (χ1) is 14.9. The van der Waals surface area contributed by atoms with E-state index in [1.807, 2.05) is 32.0 Å². The number of rotatable bonds is 3. The molecule has 0 aromatic heterocycles. The molecular weight excluding hydrogens is 388 g/mol.